The van der Waals surface area contributed by atoms with Crippen LogP contribution in [-0.2, 0) is 6.42 Å². The molecule has 0 amide bonds. The predicted octanol–water partition coefficient (Wildman–Crippen LogP) is 0.879. The second-order valence-corrected chi connectivity index (χ2v) is 3.46. The van der Waals surface area contributed by atoms with Crippen molar-refractivity contribution < 1.29 is 4.74 Å². The highest BCUT2D eigenvalue weighted by atomic mass is 16.5. The van der Waals surface area contributed by atoms with Crippen molar-refractivity contribution in [2.45, 2.75) is 19.1 Å². The van der Waals surface area contributed by atoms with Gasteiger partial charge in [-0.15, -0.1) is 0 Å². The van der Waals surface area contributed by atoms with E-state index in [0.29, 0.717) is 0 Å². The zero-order valence-corrected chi connectivity index (χ0v) is 7.00. The molecule has 0 radical (unpaired) electrons. The molecule has 0 spiro atoms. The highest BCUT2D eigenvalue weighted by Crippen LogP contribution is 2.33. The zero-order valence-electron chi connectivity index (χ0n) is 7.00. The second-order valence-electron chi connectivity index (χ2n) is 3.46. The van der Waals surface area contributed by atoms with Crippen LogP contribution >= 0.6 is 0 Å². The molecule has 3 nitrogen and oxygen atoms in total. The lowest BCUT2D eigenvalue weighted by molar-refractivity contribution is 0.124. The van der Waals surface area contributed by atoms with Crippen molar-refractivity contribution in [3.05, 3.63) is 23.8 Å². The fourth-order valence-corrected chi connectivity index (χ4v) is 1.50. The van der Waals surface area contributed by atoms with Crippen LogP contribution in [0.1, 0.15) is 12.5 Å². The molecule has 3 heteroatoms. The first-order chi connectivity index (χ1) is 5.57. The summed E-state index contributed by atoms with van der Waals surface area (Å²) in [5.74, 6) is 0.856. The van der Waals surface area contributed by atoms with Gasteiger partial charge in [-0.2, -0.15) is 0 Å². The van der Waals surface area contributed by atoms with E-state index in [4.69, 9.17) is 16.2 Å². The summed E-state index contributed by atoms with van der Waals surface area (Å²) in [5.41, 5.74) is 12.7. The Hall–Kier alpha value is -1.22. The van der Waals surface area contributed by atoms with Gasteiger partial charge in [0.15, 0.2) is 5.72 Å². The lowest BCUT2D eigenvalue weighted by atomic mass is 10.1. The van der Waals surface area contributed by atoms with E-state index in [9.17, 15) is 0 Å². The van der Waals surface area contributed by atoms with Crippen LogP contribution in [0.5, 0.6) is 5.75 Å². The minimum atomic E-state index is -0.559. The van der Waals surface area contributed by atoms with E-state index < -0.39 is 5.72 Å². The summed E-state index contributed by atoms with van der Waals surface area (Å²) in [7, 11) is 0. The normalized spacial score (nSPS) is 26.5. The summed E-state index contributed by atoms with van der Waals surface area (Å²) < 4.78 is 5.47. The van der Waals surface area contributed by atoms with E-state index in [0.717, 1.165) is 23.4 Å². The van der Waals surface area contributed by atoms with Crippen molar-refractivity contribution in [3.63, 3.8) is 0 Å². The smallest absolute Gasteiger partial charge is 0.159 e. The summed E-state index contributed by atoms with van der Waals surface area (Å²) in [5, 5.41) is 0. The van der Waals surface area contributed by atoms with Crippen molar-refractivity contribution in [3.8, 4) is 5.75 Å². The molecule has 12 heavy (non-hydrogen) atoms. The van der Waals surface area contributed by atoms with Gasteiger partial charge in [0.1, 0.15) is 5.75 Å². The maximum absolute atomic E-state index is 5.82. The third-order valence-electron chi connectivity index (χ3n) is 1.97. The summed E-state index contributed by atoms with van der Waals surface area (Å²) in [4.78, 5) is 0. The minimum absolute atomic E-state index is 0.559. The van der Waals surface area contributed by atoms with E-state index in [-0.39, 0.29) is 0 Å². The van der Waals surface area contributed by atoms with E-state index in [1.807, 2.05) is 25.1 Å². The average Bonchev–Trinajstić information content (AvgIpc) is 2.21. The Morgan fingerprint density at radius 3 is 3.00 bits per heavy atom. The van der Waals surface area contributed by atoms with Crippen LogP contribution < -0.4 is 16.2 Å². The number of benzene rings is 1. The van der Waals surface area contributed by atoms with Gasteiger partial charge in [-0.1, -0.05) is 0 Å². The van der Waals surface area contributed by atoms with Crippen molar-refractivity contribution in [2.24, 2.45) is 5.73 Å². The molecule has 0 fully saturated rings. The molecular weight excluding hydrogens is 152 g/mol. The Kier molecular flexibility index (Phi) is 1.32. The van der Waals surface area contributed by atoms with E-state index in [1.165, 1.54) is 0 Å². The Bertz CT molecular complexity index is 320. The van der Waals surface area contributed by atoms with Crippen LogP contribution in [0.2, 0.25) is 0 Å². The maximum Gasteiger partial charge on any atom is 0.159 e. The van der Waals surface area contributed by atoms with Crippen LogP contribution in [0, 0.1) is 0 Å². The number of hydrogen-bond donors (Lipinski definition) is 2. The fourth-order valence-electron chi connectivity index (χ4n) is 1.50. The van der Waals surface area contributed by atoms with Gasteiger partial charge < -0.3 is 10.5 Å². The van der Waals surface area contributed by atoms with Gasteiger partial charge >= 0.3 is 0 Å². The molecule has 0 bridgehead atoms. The number of anilines is 1. The fraction of sp³-hybridized carbons (Fsp3) is 0.333. The van der Waals surface area contributed by atoms with E-state index in [1.54, 1.807) is 0 Å². The molecule has 1 aromatic carbocycles. The Morgan fingerprint density at radius 1 is 1.50 bits per heavy atom. The average molecular weight is 164 g/mol. The minimum Gasteiger partial charge on any atom is -0.473 e. The van der Waals surface area contributed by atoms with E-state index in [2.05, 4.69) is 0 Å². The van der Waals surface area contributed by atoms with Crippen LogP contribution in [0.3, 0.4) is 0 Å². The summed E-state index contributed by atoms with van der Waals surface area (Å²) in [6.45, 7) is 1.86. The van der Waals surface area contributed by atoms with Crippen molar-refractivity contribution in [1.82, 2.24) is 0 Å². The molecule has 0 saturated heterocycles. The Balaban J connectivity index is 2.43. The lowest BCUT2D eigenvalue weighted by Gasteiger charge is -2.16. The molecule has 0 aliphatic carbocycles. The van der Waals surface area contributed by atoms with Gasteiger partial charge in [0.05, 0.1) is 0 Å². The molecule has 1 aromatic rings. The topological polar surface area (TPSA) is 61.3 Å². The maximum atomic E-state index is 5.82. The third kappa shape index (κ3) is 1.12. The summed E-state index contributed by atoms with van der Waals surface area (Å²) in [6, 6.07) is 5.59. The number of nitrogens with two attached hydrogens (primary N) is 2. The molecule has 0 saturated carbocycles. The first-order valence-electron chi connectivity index (χ1n) is 3.93. The van der Waals surface area contributed by atoms with Gasteiger partial charge in [0, 0.05) is 17.7 Å². The number of nitrogen functional groups attached to an aromatic ring is 1. The van der Waals surface area contributed by atoms with Crippen molar-refractivity contribution >= 4 is 5.69 Å². The van der Waals surface area contributed by atoms with Gasteiger partial charge in [-0.3, -0.25) is 5.73 Å². The monoisotopic (exact) mass is 164 g/mol. The number of ether oxygens (including phenoxy) is 1. The summed E-state index contributed by atoms with van der Waals surface area (Å²) in [6.07, 6.45) is 0.730. The molecule has 64 valence electrons. The molecule has 2 rings (SSSR count). The molecular formula is C9H12N2O. The second kappa shape index (κ2) is 2.14. The number of hydrogen-bond acceptors (Lipinski definition) is 3. The van der Waals surface area contributed by atoms with Crippen LogP contribution in [0.4, 0.5) is 5.69 Å². The Labute approximate surface area is 71.3 Å². The highest BCUT2D eigenvalue weighted by molar-refractivity contribution is 5.50. The van der Waals surface area contributed by atoms with Crippen LogP contribution in [-0.4, -0.2) is 5.72 Å². The molecule has 1 aliphatic rings. The largest absolute Gasteiger partial charge is 0.473 e. The van der Waals surface area contributed by atoms with Crippen LogP contribution in [0.25, 0.3) is 0 Å². The predicted molar refractivity (Wildman–Crippen MR) is 47.8 cm³/mol. The zero-order chi connectivity index (χ0) is 8.77. The van der Waals surface area contributed by atoms with Gasteiger partial charge in [0.2, 0.25) is 0 Å². The molecule has 1 heterocycles. The van der Waals surface area contributed by atoms with Gasteiger partial charge in [-0.25, -0.2) is 0 Å². The summed E-state index contributed by atoms with van der Waals surface area (Å²) >= 11 is 0. The SMILES string of the molecule is CC1(N)Cc2cc(N)ccc2O1. The van der Waals surface area contributed by atoms with Gasteiger partial charge in [-0.05, 0) is 25.1 Å². The molecule has 1 atom stereocenters. The molecule has 1 aliphatic heterocycles. The molecule has 4 N–H and O–H groups in total. The van der Waals surface area contributed by atoms with Crippen LogP contribution in [0.15, 0.2) is 18.2 Å². The van der Waals surface area contributed by atoms with Crippen molar-refractivity contribution in [1.29, 1.82) is 0 Å². The first kappa shape index (κ1) is 7.43. The highest BCUT2D eigenvalue weighted by Gasteiger charge is 2.30. The third-order valence-corrected chi connectivity index (χ3v) is 1.97. The number of rotatable bonds is 0. The quantitative estimate of drug-likeness (QED) is 0.559. The van der Waals surface area contributed by atoms with E-state index >= 15 is 0 Å². The number of fused-ring (bicyclic) bond motifs is 1. The van der Waals surface area contributed by atoms with Crippen molar-refractivity contribution in [2.75, 3.05) is 5.73 Å². The standard InChI is InChI=1S/C9H12N2O/c1-9(11)5-6-4-7(10)2-3-8(6)12-9/h2-4H,5,10-11H2,1H3. The first-order valence-corrected chi connectivity index (χ1v) is 3.93. The van der Waals surface area contributed by atoms with Gasteiger partial charge in [0.25, 0.3) is 0 Å². The lowest BCUT2D eigenvalue weighted by Crippen LogP contribution is -2.40. The Morgan fingerprint density at radius 2 is 2.25 bits per heavy atom. The molecule has 0 aromatic heterocycles. The molecule has 1 unspecified atom stereocenters.